The maximum atomic E-state index is 12.2. The van der Waals surface area contributed by atoms with E-state index in [0.717, 1.165) is 5.56 Å². The quantitative estimate of drug-likeness (QED) is 0.677. The molecular weight excluding hydrogens is 374 g/mol. The van der Waals surface area contributed by atoms with Crippen molar-refractivity contribution in [1.29, 1.82) is 0 Å². The number of benzene rings is 1. The molecule has 2 heterocycles. The summed E-state index contributed by atoms with van der Waals surface area (Å²) in [5.41, 5.74) is 1.85. The molecular formula is C16H15N5O5S. The van der Waals surface area contributed by atoms with E-state index < -0.39 is 16.3 Å². The highest BCUT2D eigenvalue weighted by molar-refractivity contribution is 7.85. The normalized spacial score (nSPS) is 11.0. The van der Waals surface area contributed by atoms with E-state index in [4.69, 9.17) is 8.71 Å². The van der Waals surface area contributed by atoms with Crippen LogP contribution in [0.5, 0.6) is 5.75 Å². The Morgan fingerprint density at radius 2 is 1.96 bits per heavy atom. The predicted molar refractivity (Wildman–Crippen MR) is 95.1 cm³/mol. The zero-order valence-electron chi connectivity index (χ0n) is 14.3. The highest BCUT2D eigenvalue weighted by Gasteiger charge is 2.20. The van der Waals surface area contributed by atoms with E-state index in [0.29, 0.717) is 17.0 Å². The average molecular weight is 389 g/mol. The first-order valence-electron chi connectivity index (χ1n) is 7.67. The van der Waals surface area contributed by atoms with Crippen LogP contribution >= 0.6 is 0 Å². The minimum Gasteiger partial charge on any atom is -0.366 e. The lowest BCUT2D eigenvalue weighted by molar-refractivity contribution is 0.255. The van der Waals surface area contributed by atoms with Crippen LogP contribution in [0, 0.1) is 13.8 Å². The number of aryl methyl sites for hydroxylation is 2. The molecule has 2 N–H and O–H groups in total. The number of carbonyl (C=O) groups excluding carboxylic acids is 1. The molecule has 3 aromatic rings. The molecule has 1 aromatic carbocycles. The number of nitrogens with one attached hydrogen (secondary N) is 2. The Labute approximate surface area is 154 Å². The summed E-state index contributed by atoms with van der Waals surface area (Å²) in [6.45, 7) is 3.55. The lowest BCUT2D eigenvalue weighted by Gasteiger charge is -2.11. The third kappa shape index (κ3) is 4.58. The summed E-state index contributed by atoms with van der Waals surface area (Å²) in [5.74, 6) is 0.249. The number of nitrogens with zero attached hydrogens (tertiary/aromatic N) is 3. The molecule has 0 aliphatic carbocycles. The largest absolute Gasteiger partial charge is 0.411 e. The Morgan fingerprint density at radius 1 is 1.19 bits per heavy atom. The van der Waals surface area contributed by atoms with Crippen molar-refractivity contribution < 1.29 is 21.9 Å². The van der Waals surface area contributed by atoms with Crippen molar-refractivity contribution in [3.05, 3.63) is 54.0 Å². The first-order chi connectivity index (χ1) is 12.8. The van der Waals surface area contributed by atoms with Gasteiger partial charge in [-0.15, -0.1) is 0 Å². The molecule has 2 aromatic heterocycles. The second kappa shape index (κ2) is 7.41. The monoisotopic (exact) mass is 389 g/mol. The zero-order valence-corrected chi connectivity index (χ0v) is 15.1. The van der Waals surface area contributed by atoms with E-state index in [-0.39, 0.29) is 11.7 Å². The molecule has 27 heavy (non-hydrogen) atoms. The topological polar surface area (TPSA) is 136 Å². The number of hydrogen-bond acceptors (Lipinski definition) is 8. The van der Waals surface area contributed by atoms with Crippen LogP contribution in [0.4, 0.5) is 10.7 Å². The molecule has 0 atom stereocenters. The van der Waals surface area contributed by atoms with Crippen molar-refractivity contribution >= 4 is 22.3 Å². The summed E-state index contributed by atoms with van der Waals surface area (Å²) in [6, 6.07) is 6.75. The SMILES string of the molecule is Cc1cnc(NC(=O)NS(=O)(=O)Oc2ccccc2-c2ccno2)nc1C. The van der Waals surface area contributed by atoms with E-state index >= 15 is 0 Å². The maximum absolute atomic E-state index is 12.2. The van der Waals surface area contributed by atoms with Crippen LogP contribution in [-0.2, 0) is 10.3 Å². The van der Waals surface area contributed by atoms with Crippen LogP contribution in [0.1, 0.15) is 11.3 Å². The van der Waals surface area contributed by atoms with Gasteiger partial charge in [0.15, 0.2) is 11.5 Å². The third-order valence-electron chi connectivity index (χ3n) is 3.46. The molecule has 3 rings (SSSR count). The summed E-state index contributed by atoms with van der Waals surface area (Å²) >= 11 is 0. The predicted octanol–water partition coefficient (Wildman–Crippen LogP) is 2.19. The molecule has 140 valence electrons. The molecule has 11 heteroatoms. The van der Waals surface area contributed by atoms with Gasteiger partial charge in [-0.25, -0.2) is 19.5 Å². The second-order valence-electron chi connectivity index (χ2n) is 5.43. The maximum Gasteiger partial charge on any atom is 0.411 e. The Balaban J connectivity index is 1.72. The van der Waals surface area contributed by atoms with Crippen molar-refractivity contribution in [2.45, 2.75) is 13.8 Å². The lowest BCUT2D eigenvalue weighted by atomic mass is 10.1. The Kier molecular flexibility index (Phi) is 5.03. The number of para-hydroxylation sites is 1. The van der Waals surface area contributed by atoms with Gasteiger partial charge >= 0.3 is 16.3 Å². The van der Waals surface area contributed by atoms with Gasteiger partial charge in [0.05, 0.1) is 11.8 Å². The van der Waals surface area contributed by atoms with Crippen molar-refractivity contribution in [3.8, 4) is 17.1 Å². The Bertz CT molecular complexity index is 1070. The number of urea groups is 1. The molecule has 0 saturated carbocycles. The van der Waals surface area contributed by atoms with E-state index in [1.54, 1.807) is 35.9 Å². The first-order valence-corrected chi connectivity index (χ1v) is 9.08. The molecule has 0 saturated heterocycles. The molecule has 2 amide bonds. The molecule has 10 nitrogen and oxygen atoms in total. The number of aromatic nitrogens is 3. The summed E-state index contributed by atoms with van der Waals surface area (Å²) in [5, 5.41) is 5.81. The summed E-state index contributed by atoms with van der Waals surface area (Å²) in [6.07, 6.45) is 2.92. The zero-order chi connectivity index (χ0) is 19.4. The minimum absolute atomic E-state index is 0.0306. The van der Waals surface area contributed by atoms with Crippen LogP contribution < -0.4 is 14.2 Å². The number of amides is 2. The van der Waals surface area contributed by atoms with E-state index in [9.17, 15) is 13.2 Å². The van der Waals surface area contributed by atoms with Crippen molar-refractivity contribution in [2.24, 2.45) is 0 Å². The van der Waals surface area contributed by atoms with Crippen LogP contribution in [0.25, 0.3) is 11.3 Å². The van der Waals surface area contributed by atoms with Gasteiger partial charge in [-0.1, -0.05) is 17.3 Å². The van der Waals surface area contributed by atoms with Gasteiger partial charge in [-0.3, -0.25) is 5.32 Å². The second-order valence-corrected chi connectivity index (χ2v) is 6.71. The average Bonchev–Trinajstić information content (AvgIpc) is 3.12. The van der Waals surface area contributed by atoms with Crippen molar-refractivity contribution in [3.63, 3.8) is 0 Å². The number of anilines is 1. The van der Waals surface area contributed by atoms with Gasteiger partial charge in [0.25, 0.3) is 0 Å². The van der Waals surface area contributed by atoms with Gasteiger partial charge in [0, 0.05) is 18.0 Å². The number of carbonyl (C=O) groups is 1. The van der Waals surface area contributed by atoms with Crippen molar-refractivity contribution in [1.82, 2.24) is 19.8 Å². The molecule has 0 fully saturated rings. The first kappa shape index (κ1) is 18.3. The van der Waals surface area contributed by atoms with E-state index in [2.05, 4.69) is 20.4 Å². The molecule has 0 aliphatic rings. The van der Waals surface area contributed by atoms with E-state index in [1.807, 2.05) is 6.92 Å². The number of rotatable bonds is 5. The summed E-state index contributed by atoms with van der Waals surface area (Å²) < 4.78 is 36.1. The summed E-state index contributed by atoms with van der Waals surface area (Å²) in [7, 11) is -4.47. The highest BCUT2D eigenvalue weighted by atomic mass is 32.2. The van der Waals surface area contributed by atoms with Gasteiger partial charge in [-0.05, 0) is 31.5 Å². The fourth-order valence-corrected chi connectivity index (χ4v) is 2.77. The van der Waals surface area contributed by atoms with Crippen molar-refractivity contribution in [2.75, 3.05) is 5.32 Å². The van der Waals surface area contributed by atoms with Crippen LogP contribution in [0.15, 0.2) is 47.2 Å². The van der Waals surface area contributed by atoms with Crippen LogP contribution in [0.2, 0.25) is 0 Å². The van der Waals surface area contributed by atoms with E-state index in [1.165, 1.54) is 18.5 Å². The summed E-state index contributed by atoms with van der Waals surface area (Å²) in [4.78, 5) is 19.9. The van der Waals surface area contributed by atoms with Crippen LogP contribution in [-0.4, -0.2) is 29.6 Å². The van der Waals surface area contributed by atoms with Crippen LogP contribution in [0.3, 0.4) is 0 Å². The molecule has 0 bridgehead atoms. The molecule has 0 unspecified atom stereocenters. The third-order valence-corrected chi connectivity index (χ3v) is 4.29. The van der Waals surface area contributed by atoms with Gasteiger partial charge in [0.2, 0.25) is 5.95 Å². The standard InChI is InChI=1S/C16H15N5O5S/c1-10-9-17-15(19-11(10)2)20-16(22)21-27(23,24)26-14-6-4-3-5-12(14)13-7-8-18-25-13/h3-9H,1-2H3,(H2,17,19,20,21,22). The Hall–Kier alpha value is -3.47. The minimum atomic E-state index is -4.47. The fourth-order valence-electron chi connectivity index (χ4n) is 2.06. The highest BCUT2D eigenvalue weighted by Crippen LogP contribution is 2.30. The smallest absolute Gasteiger partial charge is 0.366 e. The molecule has 0 spiro atoms. The lowest BCUT2D eigenvalue weighted by Crippen LogP contribution is -2.37. The Morgan fingerprint density at radius 3 is 2.67 bits per heavy atom. The molecule has 0 aliphatic heterocycles. The fraction of sp³-hybridized carbons (Fsp3) is 0.125. The van der Waals surface area contributed by atoms with Gasteiger partial charge in [0.1, 0.15) is 0 Å². The van der Waals surface area contributed by atoms with Gasteiger partial charge in [-0.2, -0.15) is 8.42 Å². The van der Waals surface area contributed by atoms with Gasteiger partial charge < -0.3 is 8.71 Å². The molecule has 0 radical (unpaired) electrons. The number of hydrogen-bond donors (Lipinski definition) is 2.